The van der Waals surface area contributed by atoms with Crippen LogP contribution in [0.1, 0.15) is 41.5 Å². The lowest BCUT2D eigenvalue weighted by Gasteiger charge is -2.29. The van der Waals surface area contributed by atoms with Crippen molar-refractivity contribution in [2.75, 3.05) is 13.2 Å². The van der Waals surface area contributed by atoms with Crippen LogP contribution in [0.2, 0.25) is 0 Å². The van der Waals surface area contributed by atoms with Crippen LogP contribution in [0.5, 0.6) is 0 Å². The maximum Gasteiger partial charge on any atom is 0.0846 e. The van der Waals surface area contributed by atoms with E-state index in [9.17, 15) is 0 Å². The molecule has 5 heteroatoms. The highest BCUT2D eigenvalue weighted by Gasteiger charge is 2.25. The molecule has 2 unspecified atom stereocenters. The minimum Gasteiger partial charge on any atom is -0.373 e. The molecule has 0 spiro atoms. The second-order valence-corrected chi connectivity index (χ2v) is 5.79. The molecule has 1 aliphatic heterocycles. The lowest BCUT2D eigenvalue weighted by atomic mass is 9.93. The van der Waals surface area contributed by atoms with Crippen molar-refractivity contribution in [1.82, 2.24) is 14.9 Å². The van der Waals surface area contributed by atoms with Gasteiger partial charge in [0, 0.05) is 6.04 Å². The molecule has 0 saturated heterocycles. The van der Waals surface area contributed by atoms with Crippen molar-refractivity contribution in [1.29, 1.82) is 0 Å². The predicted octanol–water partition coefficient (Wildman–Crippen LogP) is 2.89. The highest BCUT2D eigenvalue weighted by atomic mass is 32.1. The number of nitrogens with zero attached hydrogens (tertiary/aromatic N) is 2. The van der Waals surface area contributed by atoms with Crippen LogP contribution in [0.4, 0.5) is 0 Å². The summed E-state index contributed by atoms with van der Waals surface area (Å²) in [6.45, 7) is 3.86. The number of benzene rings is 1. The Morgan fingerprint density at radius 3 is 3.15 bits per heavy atom. The van der Waals surface area contributed by atoms with E-state index in [2.05, 4.69) is 46.1 Å². The minimum atomic E-state index is 0.158. The summed E-state index contributed by atoms with van der Waals surface area (Å²) in [5, 5.41) is 7.46. The van der Waals surface area contributed by atoms with E-state index in [4.69, 9.17) is 4.74 Å². The van der Waals surface area contributed by atoms with Crippen LogP contribution in [-0.2, 0) is 11.2 Å². The molecule has 4 nitrogen and oxygen atoms in total. The third-order valence-electron chi connectivity index (χ3n) is 3.71. The van der Waals surface area contributed by atoms with Gasteiger partial charge >= 0.3 is 0 Å². The number of fused-ring (bicyclic) bond motifs is 1. The minimum absolute atomic E-state index is 0.158. The second-order valence-electron chi connectivity index (χ2n) is 4.97. The first-order chi connectivity index (χ1) is 9.88. The number of rotatable bonds is 5. The summed E-state index contributed by atoms with van der Waals surface area (Å²) >= 11 is 1.46. The number of hydrogen-bond donors (Lipinski definition) is 1. The SMILES string of the molecule is CCNC(CC1OCCc2ccccc21)c1cnns1. The molecule has 0 radical (unpaired) electrons. The molecule has 0 fully saturated rings. The van der Waals surface area contributed by atoms with Crippen molar-refractivity contribution in [2.45, 2.75) is 31.9 Å². The number of hydrogen-bond acceptors (Lipinski definition) is 5. The molecular weight excluding hydrogens is 270 g/mol. The van der Waals surface area contributed by atoms with Crippen molar-refractivity contribution in [2.24, 2.45) is 0 Å². The Morgan fingerprint density at radius 1 is 1.45 bits per heavy atom. The largest absolute Gasteiger partial charge is 0.373 e. The molecule has 1 N–H and O–H groups in total. The molecule has 2 atom stereocenters. The van der Waals surface area contributed by atoms with Gasteiger partial charge in [0.25, 0.3) is 0 Å². The zero-order chi connectivity index (χ0) is 13.8. The number of ether oxygens (including phenoxy) is 1. The summed E-state index contributed by atoms with van der Waals surface area (Å²) < 4.78 is 9.98. The average Bonchev–Trinajstić information content (AvgIpc) is 3.01. The van der Waals surface area contributed by atoms with Crippen molar-refractivity contribution < 1.29 is 4.74 Å². The molecule has 1 aromatic carbocycles. The van der Waals surface area contributed by atoms with Crippen LogP contribution in [0.3, 0.4) is 0 Å². The van der Waals surface area contributed by atoms with Crippen molar-refractivity contribution in [3.8, 4) is 0 Å². The van der Waals surface area contributed by atoms with Crippen LogP contribution in [-0.4, -0.2) is 22.7 Å². The quantitative estimate of drug-likeness (QED) is 0.919. The molecule has 20 heavy (non-hydrogen) atoms. The highest BCUT2D eigenvalue weighted by Crippen LogP contribution is 2.34. The zero-order valence-electron chi connectivity index (χ0n) is 11.6. The van der Waals surface area contributed by atoms with Crippen molar-refractivity contribution >= 4 is 11.5 Å². The number of aromatic nitrogens is 2. The molecule has 3 rings (SSSR count). The molecule has 0 aliphatic carbocycles. The van der Waals surface area contributed by atoms with E-state index >= 15 is 0 Å². The van der Waals surface area contributed by atoms with Gasteiger partial charge < -0.3 is 10.1 Å². The molecule has 1 aromatic heterocycles. The fourth-order valence-corrected chi connectivity index (χ4v) is 3.35. The maximum atomic E-state index is 6.00. The van der Waals surface area contributed by atoms with E-state index in [-0.39, 0.29) is 12.1 Å². The molecular formula is C15H19N3OS. The van der Waals surface area contributed by atoms with Gasteiger partial charge in [-0.25, -0.2) is 0 Å². The van der Waals surface area contributed by atoms with Crippen LogP contribution in [0, 0.1) is 0 Å². The van der Waals surface area contributed by atoms with Crippen LogP contribution < -0.4 is 5.32 Å². The standard InChI is InChI=1S/C15H19N3OS/c1-2-16-13(15-10-17-18-20-15)9-14-12-6-4-3-5-11(12)7-8-19-14/h3-6,10,13-14,16H,2,7-9H2,1H3. The van der Waals surface area contributed by atoms with Crippen LogP contribution >= 0.6 is 11.5 Å². The Morgan fingerprint density at radius 2 is 2.35 bits per heavy atom. The summed E-state index contributed by atoms with van der Waals surface area (Å²) in [6.07, 6.45) is 3.95. The first-order valence-corrected chi connectivity index (χ1v) is 7.86. The van der Waals surface area contributed by atoms with Crippen LogP contribution in [0.15, 0.2) is 30.5 Å². The normalized spacial score (nSPS) is 19.6. The summed E-state index contributed by atoms with van der Waals surface area (Å²) in [6, 6.07) is 8.86. The summed E-state index contributed by atoms with van der Waals surface area (Å²) in [5.41, 5.74) is 2.75. The Labute approximate surface area is 123 Å². The summed E-state index contributed by atoms with van der Waals surface area (Å²) in [4.78, 5) is 1.18. The van der Waals surface area contributed by atoms with Gasteiger partial charge in [-0.05, 0) is 42.0 Å². The Kier molecular flexibility index (Phi) is 4.40. The third-order valence-corrected chi connectivity index (χ3v) is 4.49. The predicted molar refractivity (Wildman–Crippen MR) is 79.8 cm³/mol. The molecule has 1 aliphatic rings. The van der Waals surface area contributed by atoms with E-state index in [1.54, 1.807) is 0 Å². The van der Waals surface area contributed by atoms with Gasteiger partial charge in [0.15, 0.2) is 0 Å². The van der Waals surface area contributed by atoms with E-state index in [1.807, 2.05) is 6.20 Å². The molecule has 0 bridgehead atoms. The molecule has 0 saturated carbocycles. The first-order valence-electron chi connectivity index (χ1n) is 7.08. The molecule has 2 heterocycles. The van der Waals surface area contributed by atoms with E-state index in [1.165, 1.54) is 27.5 Å². The van der Waals surface area contributed by atoms with Gasteiger partial charge in [-0.2, -0.15) is 0 Å². The summed E-state index contributed by atoms with van der Waals surface area (Å²) in [7, 11) is 0. The monoisotopic (exact) mass is 289 g/mol. The first kappa shape index (κ1) is 13.7. The smallest absolute Gasteiger partial charge is 0.0846 e. The van der Waals surface area contributed by atoms with E-state index in [0.717, 1.165) is 26.0 Å². The maximum absolute atomic E-state index is 6.00. The van der Waals surface area contributed by atoms with Crippen molar-refractivity contribution in [3.63, 3.8) is 0 Å². The van der Waals surface area contributed by atoms with Gasteiger partial charge in [0.05, 0.1) is 23.8 Å². The summed E-state index contributed by atoms with van der Waals surface area (Å²) in [5.74, 6) is 0. The Balaban J connectivity index is 1.79. The second kappa shape index (κ2) is 6.43. The van der Waals surface area contributed by atoms with Gasteiger partial charge in [0.2, 0.25) is 0 Å². The molecule has 0 amide bonds. The zero-order valence-corrected chi connectivity index (χ0v) is 12.4. The van der Waals surface area contributed by atoms with E-state index < -0.39 is 0 Å². The third kappa shape index (κ3) is 2.90. The fraction of sp³-hybridized carbons (Fsp3) is 0.467. The van der Waals surface area contributed by atoms with Gasteiger partial charge in [-0.1, -0.05) is 35.7 Å². The highest BCUT2D eigenvalue weighted by molar-refractivity contribution is 7.05. The van der Waals surface area contributed by atoms with E-state index in [0.29, 0.717) is 0 Å². The number of nitrogens with one attached hydrogen (secondary N) is 1. The molecule has 2 aromatic rings. The lowest BCUT2D eigenvalue weighted by molar-refractivity contribution is 0.0296. The Bertz CT molecular complexity index is 544. The van der Waals surface area contributed by atoms with Gasteiger partial charge in [-0.15, -0.1) is 5.10 Å². The van der Waals surface area contributed by atoms with Gasteiger partial charge in [0.1, 0.15) is 0 Å². The van der Waals surface area contributed by atoms with Crippen molar-refractivity contribution in [3.05, 3.63) is 46.5 Å². The Hall–Kier alpha value is -1.30. The molecule has 106 valence electrons. The van der Waals surface area contributed by atoms with Crippen LogP contribution in [0.25, 0.3) is 0 Å². The van der Waals surface area contributed by atoms with Gasteiger partial charge in [-0.3, -0.25) is 0 Å². The average molecular weight is 289 g/mol. The topological polar surface area (TPSA) is 47.0 Å². The lowest BCUT2D eigenvalue weighted by Crippen LogP contribution is -2.25. The fourth-order valence-electron chi connectivity index (χ4n) is 2.76.